The number of rotatable bonds is 4. The molecule has 3 heterocycles. The Kier molecular flexibility index (Phi) is 6.27. The first-order chi connectivity index (χ1) is 14.4. The zero-order valence-corrected chi connectivity index (χ0v) is 20.0. The summed E-state index contributed by atoms with van der Waals surface area (Å²) in [5.74, 6) is 0.312. The maximum Gasteiger partial charge on any atom is 0.263 e. The fraction of sp³-hybridized carbons (Fsp3) is 0.409. The highest BCUT2D eigenvalue weighted by Crippen LogP contribution is 2.37. The zero-order chi connectivity index (χ0) is 21.4. The van der Waals surface area contributed by atoms with Crippen LogP contribution in [-0.4, -0.2) is 33.0 Å². The van der Waals surface area contributed by atoms with Crippen LogP contribution in [0.1, 0.15) is 30.7 Å². The van der Waals surface area contributed by atoms with Crippen molar-refractivity contribution in [3.05, 3.63) is 45.1 Å². The van der Waals surface area contributed by atoms with Crippen molar-refractivity contribution in [3.8, 4) is 0 Å². The van der Waals surface area contributed by atoms with Gasteiger partial charge >= 0.3 is 0 Å². The van der Waals surface area contributed by atoms with E-state index in [1.54, 1.807) is 15.9 Å². The van der Waals surface area contributed by atoms with Gasteiger partial charge in [-0.25, -0.2) is 4.98 Å². The van der Waals surface area contributed by atoms with Gasteiger partial charge in [-0.15, -0.1) is 23.1 Å². The molecule has 0 radical (unpaired) electrons. The van der Waals surface area contributed by atoms with Gasteiger partial charge in [0.05, 0.1) is 16.8 Å². The van der Waals surface area contributed by atoms with E-state index in [0.717, 1.165) is 32.3 Å². The molecule has 1 aliphatic rings. The van der Waals surface area contributed by atoms with Crippen molar-refractivity contribution in [1.82, 2.24) is 9.55 Å². The van der Waals surface area contributed by atoms with Crippen LogP contribution in [-0.2, 0) is 11.3 Å². The first-order valence-electron chi connectivity index (χ1n) is 10.1. The number of carbonyl (C=O) groups excluding carboxylic acids is 1. The molecule has 5 nitrogen and oxygen atoms in total. The van der Waals surface area contributed by atoms with Crippen LogP contribution < -0.4 is 10.5 Å². The Morgan fingerprint density at radius 1 is 1.30 bits per heavy atom. The summed E-state index contributed by atoms with van der Waals surface area (Å²) >= 11 is 4.73. The summed E-state index contributed by atoms with van der Waals surface area (Å²) < 4.78 is 1.69. The number of aromatic nitrogens is 2. The van der Waals surface area contributed by atoms with Crippen molar-refractivity contribution in [2.75, 3.05) is 17.2 Å². The SMILES string of the molecule is CCn1c(SCC(=O)N2CCC(C)Sc3ccccc32)nc2sc(C)c(C)c2c1=O. The lowest BCUT2D eigenvalue weighted by molar-refractivity contribution is -0.116. The number of carbonyl (C=O) groups is 1. The fourth-order valence-electron chi connectivity index (χ4n) is 3.65. The Morgan fingerprint density at radius 3 is 2.83 bits per heavy atom. The van der Waals surface area contributed by atoms with Crippen LogP contribution in [0.3, 0.4) is 0 Å². The second-order valence-electron chi connectivity index (χ2n) is 7.43. The summed E-state index contributed by atoms with van der Waals surface area (Å²) in [6, 6.07) is 8.10. The lowest BCUT2D eigenvalue weighted by atomic mass is 10.2. The first-order valence-corrected chi connectivity index (χ1v) is 12.8. The van der Waals surface area contributed by atoms with E-state index in [0.29, 0.717) is 28.9 Å². The number of thioether (sulfide) groups is 2. The number of amides is 1. The topological polar surface area (TPSA) is 55.2 Å². The van der Waals surface area contributed by atoms with Crippen molar-refractivity contribution in [1.29, 1.82) is 0 Å². The van der Waals surface area contributed by atoms with Gasteiger partial charge in [-0.1, -0.05) is 30.8 Å². The van der Waals surface area contributed by atoms with Gasteiger partial charge in [0.2, 0.25) is 5.91 Å². The minimum absolute atomic E-state index is 0.00959. The molecule has 1 unspecified atom stereocenters. The summed E-state index contributed by atoms with van der Waals surface area (Å²) in [6.07, 6.45) is 0.952. The van der Waals surface area contributed by atoms with E-state index in [1.165, 1.54) is 11.8 Å². The molecular weight excluding hydrogens is 434 g/mol. The molecule has 1 aromatic carbocycles. The highest BCUT2D eigenvalue weighted by atomic mass is 32.2. The van der Waals surface area contributed by atoms with E-state index >= 15 is 0 Å². The molecule has 3 aromatic rings. The Morgan fingerprint density at radius 2 is 2.07 bits per heavy atom. The molecule has 0 N–H and O–H groups in total. The van der Waals surface area contributed by atoms with Crippen LogP contribution in [0.15, 0.2) is 39.1 Å². The Labute approximate surface area is 188 Å². The predicted molar refractivity (Wildman–Crippen MR) is 128 cm³/mol. The third-order valence-corrected chi connectivity index (χ3v) is 8.74. The van der Waals surface area contributed by atoms with E-state index < -0.39 is 0 Å². The monoisotopic (exact) mass is 459 g/mol. The lowest BCUT2D eigenvalue weighted by Crippen LogP contribution is -2.34. The largest absolute Gasteiger partial charge is 0.311 e. The molecular formula is C22H25N3O2S3. The van der Waals surface area contributed by atoms with Gasteiger partial charge in [0.15, 0.2) is 5.16 Å². The number of fused-ring (bicyclic) bond motifs is 2. The minimum Gasteiger partial charge on any atom is -0.311 e. The Hall–Kier alpha value is -1.77. The van der Waals surface area contributed by atoms with Crippen molar-refractivity contribution < 1.29 is 4.79 Å². The Balaban J connectivity index is 1.61. The number of thiophene rings is 1. The molecule has 0 spiro atoms. The summed E-state index contributed by atoms with van der Waals surface area (Å²) in [6.45, 7) is 9.38. The quantitative estimate of drug-likeness (QED) is 0.401. The molecule has 8 heteroatoms. The molecule has 0 saturated heterocycles. The number of para-hydroxylation sites is 1. The number of hydrogen-bond acceptors (Lipinski definition) is 6. The molecule has 2 aromatic heterocycles. The normalized spacial score (nSPS) is 16.5. The maximum absolute atomic E-state index is 13.2. The van der Waals surface area contributed by atoms with Crippen LogP contribution in [0.5, 0.6) is 0 Å². The number of aryl methyl sites for hydroxylation is 2. The number of benzene rings is 1. The predicted octanol–water partition coefficient (Wildman–Crippen LogP) is 5.10. The molecule has 158 valence electrons. The average Bonchev–Trinajstić information content (AvgIpc) is 2.90. The second-order valence-corrected chi connectivity index (χ2v) is 11.1. The van der Waals surface area contributed by atoms with Gasteiger partial charge in [0, 0.05) is 28.1 Å². The van der Waals surface area contributed by atoms with Crippen LogP contribution in [0.2, 0.25) is 0 Å². The number of nitrogens with zero attached hydrogens (tertiary/aromatic N) is 3. The average molecular weight is 460 g/mol. The third kappa shape index (κ3) is 3.92. The van der Waals surface area contributed by atoms with Gasteiger partial charge in [0.25, 0.3) is 5.56 Å². The number of anilines is 1. The van der Waals surface area contributed by atoms with Crippen LogP contribution >= 0.6 is 34.9 Å². The van der Waals surface area contributed by atoms with E-state index in [2.05, 4.69) is 13.0 Å². The second kappa shape index (κ2) is 8.77. The maximum atomic E-state index is 13.2. The third-order valence-electron chi connectivity index (χ3n) is 5.44. The fourth-order valence-corrected chi connectivity index (χ4v) is 6.77. The highest BCUT2D eigenvalue weighted by Gasteiger charge is 2.25. The summed E-state index contributed by atoms with van der Waals surface area (Å²) in [5.41, 5.74) is 1.98. The summed E-state index contributed by atoms with van der Waals surface area (Å²) in [4.78, 5) is 35.9. The Bertz CT molecular complexity index is 1170. The molecule has 30 heavy (non-hydrogen) atoms. The molecule has 0 fully saturated rings. The first kappa shape index (κ1) is 21.5. The van der Waals surface area contributed by atoms with Crippen molar-refractivity contribution in [2.24, 2.45) is 0 Å². The molecule has 0 saturated carbocycles. The lowest BCUT2D eigenvalue weighted by Gasteiger charge is -2.22. The van der Waals surface area contributed by atoms with Crippen molar-refractivity contribution in [2.45, 2.75) is 56.0 Å². The number of hydrogen-bond donors (Lipinski definition) is 0. The van der Waals surface area contributed by atoms with Gasteiger partial charge in [-0.3, -0.25) is 14.2 Å². The summed E-state index contributed by atoms with van der Waals surface area (Å²) in [5, 5.41) is 1.80. The van der Waals surface area contributed by atoms with Crippen LogP contribution in [0.4, 0.5) is 5.69 Å². The smallest absolute Gasteiger partial charge is 0.263 e. The van der Waals surface area contributed by atoms with Gasteiger partial charge in [0.1, 0.15) is 4.83 Å². The van der Waals surface area contributed by atoms with E-state index in [4.69, 9.17) is 4.98 Å². The van der Waals surface area contributed by atoms with Crippen LogP contribution in [0, 0.1) is 13.8 Å². The molecule has 4 rings (SSSR count). The van der Waals surface area contributed by atoms with E-state index in [1.807, 2.05) is 55.6 Å². The zero-order valence-electron chi connectivity index (χ0n) is 17.6. The molecule has 1 aliphatic heterocycles. The standard InChI is InChI=1S/C22H25N3O2S3/c1-5-24-21(27)19-14(3)15(4)30-20(19)23-22(24)28-12-18(26)25-11-10-13(2)29-17-9-7-6-8-16(17)25/h6-9,13H,5,10-12H2,1-4H3. The minimum atomic E-state index is -0.00959. The van der Waals surface area contributed by atoms with E-state index in [-0.39, 0.29) is 17.2 Å². The van der Waals surface area contributed by atoms with Gasteiger partial charge < -0.3 is 4.90 Å². The van der Waals surface area contributed by atoms with Crippen molar-refractivity contribution >= 4 is 56.7 Å². The van der Waals surface area contributed by atoms with Gasteiger partial charge in [-0.05, 0) is 44.9 Å². The highest BCUT2D eigenvalue weighted by molar-refractivity contribution is 8.00. The molecule has 1 atom stereocenters. The van der Waals surface area contributed by atoms with Crippen LogP contribution in [0.25, 0.3) is 10.2 Å². The molecule has 0 aliphatic carbocycles. The van der Waals surface area contributed by atoms with Gasteiger partial charge in [-0.2, -0.15) is 0 Å². The molecule has 1 amide bonds. The summed E-state index contributed by atoms with van der Waals surface area (Å²) in [7, 11) is 0. The molecule has 0 bridgehead atoms. The van der Waals surface area contributed by atoms with Crippen molar-refractivity contribution in [3.63, 3.8) is 0 Å². The van der Waals surface area contributed by atoms with E-state index in [9.17, 15) is 9.59 Å².